The molecule has 10 heteroatoms. The number of nitrogens with zero attached hydrogens (tertiary/aromatic N) is 4. The number of aromatic nitrogens is 4. The van der Waals surface area contributed by atoms with Crippen LogP contribution < -0.4 is 20.3 Å². The van der Waals surface area contributed by atoms with Crippen LogP contribution in [-0.2, 0) is 4.79 Å². The Kier molecular flexibility index (Phi) is 7.28. The van der Waals surface area contributed by atoms with Gasteiger partial charge in [0.25, 0.3) is 5.56 Å². The standard InChI is InChI=1S/C24H23N5O4S/c1-16(29-23(30)12-10-19(28-29)17-5-7-18(32-2)8-6-17)24(31)25-13-14-33-22-11-9-20(26-27-22)21-4-3-15-34-21/h3-12,15-16H,13-14H2,1-2H3,(H,25,31). The molecule has 0 aliphatic carbocycles. The maximum Gasteiger partial charge on any atom is 0.267 e. The number of hydrogen-bond acceptors (Lipinski definition) is 8. The van der Waals surface area contributed by atoms with Gasteiger partial charge >= 0.3 is 0 Å². The van der Waals surface area contributed by atoms with Crippen molar-refractivity contribution in [1.29, 1.82) is 0 Å². The molecule has 1 atom stereocenters. The lowest BCUT2D eigenvalue weighted by Crippen LogP contribution is -2.38. The molecule has 1 amide bonds. The van der Waals surface area contributed by atoms with Gasteiger partial charge in [-0.25, -0.2) is 4.68 Å². The van der Waals surface area contributed by atoms with Gasteiger partial charge in [0.2, 0.25) is 11.8 Å². The molecule has 3 aromatic heterocycles. The van der Waals surface area contributed by atoms with Crippen LogP contribution in [0.4, 0.5) is 0 Å². The highest BCUT2D eigenvalue weighted by Gasteiger charge is 2.18. The van der Waals surface area contributed by atoms with Gasteiger partial charge in [0.15, 0.2) is 0 Å². The number of nitrogens with one attached hydrogen (secondary N) is 1. The molecule has 0 aliphatic heterocycles. The number of hydrogen-bond donors (Lipinski definition) is 1. The second-order valence-electron chi connectivity index (χ2n) is 7.28. The lowest BCUT2D eigenvalue weighted by atomic mass is 10.1. The second kappa shape index (κ2) is 10.7. The summed E-state index contributed by atoms with van der Waals surface area (Å²) in [6.07, 6.45) is 0. The fourth-order valence-corrected chi connectivity index (χ4v) is 3.85. The van der Waals surface area contributed by atoms with Crippen molar-refractivity contribution < 1.29 is 14.3 Å². The predicted octanol–water partition coefficient (Wildman–Crippen LogP) is 3.19. The van der Waals surface area contributed by atoms with Crippen molar-refractivity contribution in [3.63, 3.8) is 0 Å². The average Bonchev–Trinajstić information content (AvgIpc) is 3.42. The van der Waals surface area contributed by atoms with Crippen molar-refractivity contribution in [2.24, 2.45) is 0 Å². The zero-order valence-corrected chi connectivity index (χ0v) is 19.5. The third-order valence-corrected chi connectivity index (χ3v) is 5.91. The summed E-state index contributed by atoms with van der Waals surface area (Å²) in [4.78, 5) is 26.0. The van der Waals surface area contributed by atoms with Crippen LogP contribution in [0.2, 0.25) is 0 Å². The fourth-order valence-electron chi connectivity index (χ4n) is 3.16. The maximum absolute atomic E-state index is 12.6. The van der Waals surface area contributed by atoms with E-state index in [2.05, 4.69) is 20.6 Å². The molecule has 0 fully saturated rings. The van der Waals surface area contributed by atoms with E-state index in [1.807, 2.05) is 47.8 Å². The zero-order valence-electron chi connectivity index (χ0n) is 18.7. The number of thiophene rings is 1. The van der Waals surface area contributed by atoms with Crippen LogP contribution >= 0.6 is 11.3 Å². The molecule has 0 radical (unpaired) electrons. The van der Waals surface area contributed by atoms with Gasteiger partial charge in [0, 0.05) is 17.7 Å². The Morgan fingerprint density at radius 1 is 1.06 bits per heavy atom. The Bertz CT molecular complexity index is 1290. The summed E-state index contributed by atoms with van der Waals surface area (Å²) in [5, 5.41) is 17.3. The normalized spacial score (nSPS) is 11.6. The van der Waals surface area contributed by atoms with Crippen molar-refractivity contribution in [1.82, 2.24) is 25.3 Å². The molecule has 9 nitrogen and oxygen atoms in total. The molecular formula is C24H23N5O4S. The minimum Gasteiger partial charge on any atom is -0.497 e. The van der Waals surface area contributed by atoms with E-state index in [9.17, 15) is 9.59 Å². The molecule has 1 unspecified atom stereocenters. The van der Waals surface area contributed by atoms with E-state index in [0.717, 1.165) is 21.9 Å². The van der Waals surface area contributed by atoms with E-state index in [1.165, 1.54) is 10.7 Å². The number of rotatable bonds is 9. The molecule has 34 heavy (non-hydrogen) atoms. The van der Waals surface area contributed by atoms with Crippen molar-refractivity contribution in [3.05, 3.63) is 76.4 Å². The first-order valence-electron chi connectivity index (χ1n) is 10.6. The summed E-state index contributed by atoms with van der Waals surface area (Å²) in [5.41, 5.74) is 1.80. The summed E-state index contributed by atoms with van der Waals surface area (Å²) in [6.45, 7) is 2.07. The number of ether oxygens (including phenoxy) is 2. The van der Waals surface area contributed by atoms with Crippen molar-refractivity contribution in [3.8, 4) is 33.5 Å². The van der Waals surface area contributed by atoms with Gasteiger partial charge in [0.1, 0.15) is 24.1 Å². The summed E-state index contributed by atoms with van der Waals surface area (Å²) >= 11 is 1.58. The lowest BCUT2D eigenvalue weighted by molar-refractivity contribution is -0.124. The number of methoxy groups -OCH3 is 1. The van der Waals surface area contributed by atoms with Gasteiger partial charge < -0.3 is 14.8 Å². The first kappa shape index (κ1) is 23.1. The highest BCUT2D eigenvalue weighted by atomic mass is 32.1. The number of carbonyl (C=O) groups is 1. The largest absolute Gasteiger partial charge is 0.497 e. The third-order valence-electron chi connectivity index (χ3n) is 5.02. The lowest BCUT2D eigenvalue weighted by Gasteiger charge is -2.15. The summed E-state index contributed by atoms with van der Waals surface area (Å²) in [7, 11) is 1.59. The number of benzene rings is 1. The third kappa shape index (κ3) is 5.46. The van der Waals surface area contributed by atoms with E-state index >= 15 is 0 Å². The van der Waals surface area contributed by atoms with Crippen molar-refractivity contribution in [2.45, 2.75) is 13.0 Å². The van der Waals surface area contributed by atoms with E-state index in [0.29, 0.717) is 11.6 Å². The van der Waals surface area contributed by atoms with Gasteiger partial charge in [0.05, 0.1) is 24.2 Å². The van der Waals surface area contributed by atoms with Gasteiger partial charge in [-0.3, -0.25) is 9.59 Å². The molecule has 4 aromatic rings. The van der Waals surface area contributed by atoms with Gasteiger partial charge in [-0.05, 0) is 54.8 Å². The molecule has 0 aliphatic rings. The average molecular weight is 478 g/mol. The Balaban J connectivity index is 1.32. The molecule has 174 valence electrons. The highest BCUT2D eigenvalue weighted by Crippen LogP contribution is 2.23. The molecule has 1 N–H and O–H groups in total. The van der Waals surface area contributed by atoms with Crippen LogP contribution in [0.25, 0.3) is 21.8 Å². The Labute approximate surface area is 200 Å². The molecule has 0 saturated carbocycles. The van der Waals surface area contributed by atoms with E-state index in [-0.39, 0.29) is 24.6 Å². The quantitative estimate of drug-likeness (QED) is 0.369. The van der Waals surface area contributed by atoms with Crippen LogP contribution in [0.1, 0.15) is 13.0 Å². The minimum atomic E-state index is -0.796. The van der Waals surface area contributed by atoms with Crippen LogP contribution in [-0.4, -0.2) is 46.1 Å². The Morgan fingerprint density at radius 2 is 1.85 bits per heavy atom. The molecule has 4 rings (SSSR count). The van der Waals surface area contributed by atoms with Crippen molar-refractivity contribution in [2.75, 3.05) is 20.3 Å². The van der Waals surface area contributed by atoms with Crippen molar-refractivity contribution >= 4 is 17.2 Å². The summed E-state index contributed by atoms with van der Waals surface area (Å²) in [5.74, 6) is 0.744. The minimum absolute atomic E-state index is 0.208. The SMILES string of the molecule is COc1ccc(-c2ccc(=O)n(C(C)C(=O)NCCOc3ccc(-c4cccs4)nn3)n2)cc1. The van der Waals surface area contributed by atoms with E-state index < -0.39 is 6.04 Å². The van der Waals surface area contributed by atoms with Crippen LogP contribution in [0.15, 0.2) is 70.8 Å². The first-order chi connectivity index (χ1) is 16.5. The maximum atomic E-state index is 12.6. The number of carbonyl (C=O) groups excluding carboxylic acids is 1. The Hall–Kier alpha value is -4.05. The predicted molar refractivity (Wildman–Crippen MR) is 129 cm³/mol. The topological polar surface area (TPSA) is 108 Å². The van der Waals surface area contributed by atoms with Gasteiger partial charge in [-0.1, -0.05) is 6.07 Å². The molecule has 0 saturated heterocycles. The molecule has 0 bridgehead atoms. The first-order valence-corrected chi connectivity index (χ1v) is 11.5. The smallest absolute Gasteiger partial charge is 0.267 e. The van der Waals surface area contributed by atoms with Gasteiger partial charge in [-0.2, -0.15) is 5.10 Å². The second-order valence-corrected chi connectivity index (χ2v) is 8.23. The monoisotopic (exact) mass is 477 g/mol. The zero-order chi connectivity index (χ0) is 23.9. The van der Waals surface area contributed by atoms with E-state index in [4.69, 9.17) is 9.47 Å². The fraction of sp³-hybridized carbons (Fsp3) is 0.208. The van der Waals surface area contributed by atoms with Gasteiger partial charge in [-0.15, -0.1) is 21.5 Å². The van der Waals surface area contributed by atoms with Crippen LogP contribution in [0.3, 0.4) is 0 Å². The summed E-state index contributed by atoms with van der Waals surface area (Å²) < 4.78 is 11.9. The molecule has 3 heterocycles. The Morgan fingerprint density at radius 3 is 2.53 bits per heavy atom. The molecule has 1 aromatic carbocycles. The van der Waals surface area contributed by atoms with E-state index in [1.54, 1.807) is 37.5 Å². The molecule has 0 spiro atoms. The summed E-state index contributed by atoms with van der Waals surface area (Å²) in [6, 6.07) is 17.0. The highest BCUT2D eigenvalue weighted by molar-refractivity contribution is 7.13. The molecular weight excluding hydrogens is 454 g/mol. The number of amides is 1. The van der Waals surface area contributed by atoms with Crippen LogP contribution in [0, 0.1) is 0 Å². The van der Waals surface area contributed by atoms with Crippen LogP contribution in [0.5, 0.6) is 11.6 Å².